The van der Waals surface area contributed by atoms with E-state index < -0.39 is 12.1 Å². The normalized spacial score (nSPS) is 23.2. The molecule has 1 aromatic carbocycles. The number of amides is 2. The van der Waals surface area contributed by atoms with Crippen LogP contribution in [0.25, 0.3) is 11.0 Å². The van der Waals surface area contributed by atoms with Gasteiger partial charge in [0, 0.05) is 17.7 Å². The summed E-state index contributed by atoms with van der Waals surface area (Å²) in [6, 6.07) is 10.4. The number of para-hydroxylation sites is 1. The lowest BCUT2D eigenvalue weighted by Crippen LogP contribution is -2.49. The smallest absolute Gasteiger partial charge is 0.290 e. The molecular weight excluding hydrogens is 338 g/mol. The van der Waals surface area contributed by atoms with Crippen molar-refractivity contribution >= 4 is 34.5 Å². The minimum Gasteiger partial charge on any atom is -0.451 e. The van der Waals surface area contributed by atoms with Gasteiger partial charge in [-0.25, -0.2) is 0 Å². The third-order valence-corrected chi connectivity index (χ3v) is 5.76. The largest absolute Gasteiger partial charge is 0.451 e. The third kappa shape index (κ3) is 2.76. The summed E-state index contributed by atoms with van der Waals surface area (Å²) in [6.07, 6.45) is 1.41. The van der Waals surface area contributed by atoms with Crippen LogP contribution in [0.5, 0.6) is 0 Å². The summed E-state index contributed by atoms with van der Waals surface area (Å²) in [6.45, 7) is 0.532. The Labute approximate surface area is 149 Å². The van der Waals surface area contributed by atoms with Crippen molar-refractivity contribution in [2.75, 3.05) is 18.2 Å². The summed E-state index contributed by atoms with van der Waals surface area (Å²) in [5.41, 5.74) is 0.661. The number of hydrogen-bond acceptors (Lipinski definition) is 5. The predicted octanol–water partition coefficient (Wildman–Crippen LogP) is 2.46. The highest BCUT2D eigenvalue weighted by molar-refractivity contribution is 7.99. The molecule has 2 aliphatic rings. The average Bonchev–Trinajstić information content (AvgIpc) is 3.38. The maximum absolute atomic E-state index is 12.9. The van der Waals surface area contributed by atoms with Gasteiger partial charge < -0.3 is 14.2 Å². The Bertz CT molecular complexity index is 839. The van der Waals surface area contributed by atoms with Gasteiger partial charge in [-0.2, -0.15) is 5.26 Å². The first-order valence-electron chi connectivity index (χ1n) is 8.26. The van der Waals surface area contributed by atoms with Crippen molar-refractivity contribution in [3.8, 4) is 6.07 Å². The molecule has 1 aromatic heterocycles. The lowest BCUT2D eigenvalue weighted by molar-refractivity contribution is -0.134. The Hall–Kier alpha value is -2.46. The fourth-order valence-corrected chi connectivity index (χ4v) is 4.54. The number of benzene rings is 1. The van der Waals surface area contributed by atoms with Gasteiger partial charge in [0.05, 0.1) is 11.9 Å². The highest BCUT2D eigenvalue weighted by Gasteiger charge is 2.41. The van der Waals surface area contributed by atoms with Crippen LogP contribution in [0.1, 0.15) is 23.4 Å². The number of furan rings is 1. The molecule has 25 heavy (non-hydrogen) atoms. The fraction of sp³-hybridized carbons (Fsp3) is 0.389. The molecular formula is C18H17N3O3S. The zero-order valence-corrected chi connectivity index (χ0v) is 14.4. The van der Waals surface area contributed by atoms with Crippen LogP contribution in [0.2, 0.25) is 0 Å². The zero-order chi connectivity index (χ0) is 17.4. The van der Waals surface area contributed by atoms with Crippen LogP contribution in [0.15, 0.2) is 34.7 Å². The number of likely N-dealkylation sites (tertiary alicyclic amines) is 1. The summed E-state index contributed by atoms with van der Waals surface area (Å²) in [4.78, 5) is 29.0. The van der Waals surface area contributed by atoms with E-state index in [1.165, 1.54) is 0 Å². The van der Waals surface area contributed by atoms with Gasteiger partial charge >= 0.3 is 0 Å². The summed E-state index contributed by atoms with van der Waals surface area (Å²) in [5.74, 6) is 1.02. The van der Waals surface area contributed by atoms with Crippen LogP contribution in [-0.4, -0.2) is 51.9 Å². The minimum absolute atomic E-state index is 0.126. The first-order valence-corrected chi connectivity index (χ1v) is 9.42. The van der Waals surface area contributed by atoms with Crippen molar-refractivity contribution in [2.45, 2.75) is 24.9 Å². The van der Waals surface area contributed by atoms with Gasteiger partial charge in [0.15, 0.2) is 5.76 Å². The van der Waals surface area contributed by atoms with Crippen molar-refractivity contribution in [1.29, 1.82) is 5.26 Å². The van der Waals surface area contributed by atoms with E-state index in [9.17, 15) is 14.9 Å². The third-order valence-electron chi connectivity index (χ3n) is 4.75. The van der Waals surface area contributed by atoms with E-state index in [1.807, 2.05) is 24.3 Å². The van der Waals surface area contributed by atoms with Crippen molar-refractivity contribution in [2.24, 2.45) is 0 Å². The number of thioether (sulfide) groups is 1. The summed E-state index contributed by atoms with van der Waals surface area (Å²) in [7, 11) is 0. The molecule has 0 radical (unpaired) electrons. The Balaban J connectivity index is 1.57. The fourth-order valence-electron chi connectivity index (χ4n) is 3.45. The molecule has 2 atom stereocenters. The number of nitriles is 1. The summed E-state index contributed by atoms with van der Waals surface area (Å²) >= 11 is 1.57. The predicted molar refractivity (Wildman–Crippen MR) is 93.8 cm³/mol. The first kappa shape index (κ1) is 16.0. The molecule has 2 amide bonds. The zero-order valence-electron chi connectivity index (χ0n) is 13.6. The summed E-state index contributed by atoms with van der Waals surface area (Å²) in [5, 5.41) is 10.1. The number of carbonyl (C=O) groups is 2. The molecule has 0 bridgehead atoms. The molecule has 2 aromatic rings. The molecule has 0 unspecified atom stereocenters. The van der Waals surface area contributed by atoms with E-state index in [2.05, 4.69) is 6.07 Å². The molecule has 0 spiro atoms. The van der Waals surface area contributed by atoms with E-state index in [4.69, 9.17) is 4.42 Å². The number of carbonyl (C=O) groups excluding carboxylic acids is 2. The van der Waals surface area contributed by atoms with Gasteiger partial charge in [-0.1, -0.05) is 18.2 Å². The van der Waals surface area contributed by atoms with E-state index in [0.29, 0.717) is 30.2 Å². The minimum atomic E-state index is -0.504. The monoisotopic (exact) mass is 355 g/mol. The number of fused-ring (bicyclic) bond motifs is 1. The highest BCUT2D eigenvalue weighted by atomic mass is 32.2. The van der Waals surface area contributed by atoms with Crippen LogP contribution in [-0.2, 0) is 4.79 Å². The Kier molecular flexibility index (Phi) is 4.14. The second-order valence-corrected chi connectivity index (χ2v) is 7.26. The molecule has 0 saturated carbocycles. The maximum atomic E-state index is 12.9. The van der Waals surface area contributed by atoms with Crippen LogP contribution in [0.4, 0.5) is 0 Å². The molecule has 7 heteroatoms. The van der Waals surface area contributed by atoms with Gasteiger partial charge in [-0.3, -0.25) is 9.59 Å². The lowest BCUT2D eigenvalue weighted by Gasteiger charge is -2.28. The molecule has 3 heterocycles. The van der Waals surface area contributed by atoms with Gasteiger partial charge in [-0.15, -0.1) is 11.8 Å². The van der Waals surface area contributed by atoms with Gasteiger partial charge in [-0.05, 0) is 25.0 Å². The van der Waals surface area contributed by atoms with Crippen molar-refractivity contribution < 1.29 is 14.0 Å². The van der Waals surface area contributed by atoms with Gasteiger partial charge in [0.25, 0.3) is 5.91 Å². The number of hydrogen-bond donors (Lipinski definition) is 0. The Morgan fingerprint density at radius 3 is 2.92 bits per heavy atom. The number of nitrogens with zero attached hydrogens (tertiary/aromatic N) is 3. The second kappa shape index (κ2) is 6.45. The first-order chi connectivity index (χ1) is 12.2. The van der Waals surface area contributed by atoms with Gasteiger partial charge in [0.2, 0.25) is 5.91 Å². The SMILES string of the molecule is N#C[C@@H]1CSCN1C(=O)[C@H]1CCCN1C(=O)c1cc2ccccc2o1. The molecule has 0 N–H and O–H groups in total. The number of rotatable bonds is 2. The molecule has 4 rings (SSSR count). The van der Waals surface area contributed by atoms with Crippen molar-refractivity contribution in [3.63, 3.8) is 0 Å². The molecule has 2 fully saturated rings. The van der Waals surface area contributed by atoms with Crippen LogP contribution in [0, 0.1) is 11.3 Å². The highest BCUT2D eigenvalue weighted by Crippen LogP contribution is 2.28. The van der Waals surface area contributed by atoms with Crippen LogP contribution in [0.3, 0.4) is 0 Å². The molecule has 128 valence electrons. The molecule has 2 saturated heterocycles. The van der Waals surface area contributed by atoms with Crippen LogP contribution < -0.4 is 0 Å². The topological polar surface area (TPSA) is 77.5 Å². The molecule has 0 aliphatic carbocycles. The second-order valence-electron chi connectivity index (χ2n) is 6.26. The van der Waals surface area contributed by atoms with Crippen LogP contribution >= 0.6 is 11.8 Å². The van der Waals surface area contributed by atoms with Gasteiger partial charge in [0.1, 0.15) is 17.7 Å². The lowest BCUT2D eigenvalue weighted by atomic mass is 10.1. The van der Waals surface area contributed by atoms with E-state index in [-0.39, 0.29) is 17.6 Å². The van der Waals surface area contributed by atoms with Crippen molar-refractivity contribution in [1.82, 2.24) is 9.80 Å². The standard InChI is InChI=1S/C18H17N3O3S/c19-9-13-10-25-11-21(13)17(22)14-5-3-7-20(14)18(23)16-8-12-4-1-2-6-15(12)24-16/h1-2,4,6,8,13-14H,3,5,7,10-11H2/t13-,14-/m1/s1. The average molecular weight is 355 g/mol. The van der Waals surface area contributed by atoms with E-state index >= 15 is 0 Å². The van der Waals surface area contributed by atoms with E-state index in [0.717, 1.165) is 11.8 Å². The summed E-state index contributed by atoms with van der Waals surface area (Å²) < 4.78 is 5.67. The van der Waals surface area contributed by atoms with Crippen molar-refractivity contribution in [3.05, 3.63) is 36.1 Å². The Morgan fingerprint density at radius 2 is 2.12 bits per heavy atom. The molecule has 6 nitrogen and oxygen atoms in total. The maximum Gasteiger partial charge on any atom is 0.290 e. The van der Waals surface area contributed by atoms with E-state index in [1.54, 1.807) is 27.6 Å². The quantitative estimate of drug-likeness (QED) is 0.827. The Morgan fingerprint density at radius 1 is 1.28 bits per heavy atom. The molecule has 2 aliphatic heterocycles.